The van der Waals surface area contributed by atoms with E-state index >= 15 is 0 Å². The van der Waals surface area contributed by atoms with E-state index in [2.05, 4.69) is 15.5 Å². The summed E-state index contributed by atoms with van der Waals surface area (Å²) in [5.41, 5.74) is 5.71. The molecule has 0 atom stereocenters. The Balaban J connectivity index is 1.78. The molecular formula is C17H18N4O. The number of hydrogen-bond acceptors (Lipinski definition) is 4. The molecule has 0 spiro atoms. The maximum Gasteiger partial charge on any atom is 0.227 e. The van der Waals surface area contributed by atoms with Gasteiger partial charge in [0, 0.05) is 24.8 Å². The predicted octanol–water partition coefficient (Wildman–Crippen LogP) is 3.04. The van der Waals surface area contributed by atoms with Gasteiger partial charge in [0.25, 0.3) is 0 Å². The normalized spacial score (nSPS) is 15.2. The van der Waals surface area contributed by atoms with E-state index in [1.807, 2.05) is 54.3 Å². The van der Waals surface area contributed by atoms with Crippen molar-refractivity contribution in [2.75, 3.05) is 16.9 Å². The van der Waals surface area contributed by atoms with Gasteiger partial charge in [-0.15, -0.1) is 0 Å². The van der Waals surface area contributed by atoms with Gasteiger partial charge in [0.2, 0.25) is 5.91 Å². The molecule has 1 amide bonds. The summed E-state index contributed by atoms with van der Waals surface area (Å²) < 4.78 is 0. The molecule has 1 saturated heterocycles. The Morgan fingerprint density at radius 2 is 2.18 bits per heavy atom. The number of benzene rings is 1. The van der Waals surface area contributed by atoms with Crippen molar-refractivity contribution in [1.29, 1.82) is 0 Å². The molecule has 0 unspecified atom stereocenters. The smallest absolute Gasteiger partial charge is 0.227 e. The van der Waals surface area contributed by atoms with Crippen molar-refractivity contribution in [1.82, 2.24) is 4.98 Å². The van der Waals surface area contributed by atoms with Gasteiger partial charge in [-0.05, 0) is 43.2 Å². The molecule has 1 aromatic carbocycles. The molecule has 1 N–H and O–H groups in total. The molecule has 3 rings (SSSR count). The van der Waals surface area contributed by atoms with Crippen molar-refractivity contribution in [3.63, 3.8) is 0 Å². The number of anilines is 2. The third-order valence-electron chi connectivity index (χ3n) is 3.65. The molecule has 0 saturated carbocycles. The van der Waals surface area contributed by atoms with Crippen LogP contribution in [0.3, 0.4) is 0 Å². The number of rotatable bonds is 4. The summed E-state index contributed by atoms with van der Waals surface area (Å²) in [6, 6.07) is 13.5. The Kier molecular flexibility index (Phi) is 4.14. The lowest BCUT2D eigenvalue weighted by Gasteiger charge is -2.16. The summed E-state index contributed by atoms with van der Waals surface area (Å²) in [4.78, 5) is 17.8. The molecule has 2 aromatic rings. The highest BCUT2D eigenvalue weighted by molar-refractivity contribution is 6.01. The molecule has 1 aliphatic heterocycles. The van der Waals surface area contributed by atoms with Gasteiger partial charge in [-0.2, -0.15) is 5.10 Å². The Hall–Kier alpha value is -2.69. The molecule has 0 bridgehead atoms. The summed E-state index contributed by atoms with van der Waals surface area (Å²) in [6.45, 7) is 2.73. The fraction of sp³-hybridized carbons (Fsp3) is 0.235. The molecule has 1 aliphatic rings. The maximum atomic E-state index is 11.8. The minimum Gasteiger partial charge on any atom is -0.312 e. The minimum atomic E-state index is 0.193. The standard InChI is InChI=1S/C17H18N4O/c1-13(19-20-16-8-2-3-10-18-16)14-6-4-7-15(12-14)21-11-5-9-17(21)22/h2-4,6-8,10,12H,5,9,11H2,1H3,(H,18,20)/b19-13+. The van der Waals surface area contributed by atoms with E-state index in [1.165, 1.54) is 0 Å². The van der Waals surface area contributed by atoms with Crippen LogP contribution >= 0.6 is 0 Å². The first kappa shape index (κ1) is 14.3. The number of amides is 1. The van der Waals surface area contributed by atoms with E-state index in [0.717, 1.165) is 29.9 Å². The van der Waals surface area contributed by atoms with Gasteiger partial charge in [-0.25, -0.2) is 4.98 Å². The number of nitrogens with one attached hydrogen (secondary N) is 1. The van der Waals surface area contributed by atoms with Gasteiger partial charge in [0.15, 0.2) is 0 Å². The van der Waals surface area contributed by atoms with E-state index in [4.69, 9.17) is 0 Å². The van der Waals surface area contributed by atoms with Crippen molar-refractivity contribution < 1.29 is 4.79 Å². The minimum absolute atomic E-state index is 0.193. The Morgan fingerprint density at radius 1 is 1.27 bits per heavy atom. The molecule has 2 heterocycles. The van der Waals surface area contributed by atoms with Crippen LogP contribution in [0.1, 0.15) is 25.3 Å². The van der Waals surface area contributed by atoms with Crippen LogP contribution in [0.2, 0.25) is 0 Å². The first-order chi connectivity index (χ1) is 10.7. The largest absolute Gasteiger partial charge is 0.312 e. The van der Waals surface area contributed by atoms with E-state index < -0.39 is 0 Å². The monoisotopic (exact) mass is 294 g/mol. The number of nitrogens with zero attached hydrogens (tertiary/aromatic N) is 3. The second-order valence-corrected chi connectivity index (χ2v) is 5.22. The molecule has 0 radical (unpaired) electrons. The fourth-order valence-electron chi connectivity index (χ4n) is 2.45. The third kappa shape index (κ3) is 3.14. The van der Waals surface area contributed by atoms with Gasteiger partial charge < -0.3 is 4.90 Å². The van der Waals surface area contributed by atoms with E-state index in [9.17, 15) is 4.79 Å². The number of carbonyl (C=O) groups is 1. The molecule has 112 valence electrons. The van der Waals surface area contributed by atoms with Gasteiger partial charge in [0.05, 0.1) is 5.71 Å². The number of hydrogen-bond donors (Lipinski definition) is 1. The number of aromatic nitrogens is 1. The summed E-state index contributed by atoms with van der Waals surface area (Å²) in [5, 5.41) is 4.35. The van der Waals surface area contributed by atoms with Gasteiger partial charge in [0.1, 0.15) is 5.82 Å². The van der Waals surface area contributed by atoms with Crippen LogP contribution in [-0.4, -0.2) is 23.1 Å². The Labute approximate surface area is 129 Å². The second-order valence-electron chi connectivity index (χ2n) is 5.22. The van der Waals surface area contributed by atoms with Crippen LogP contribution in [0.25, 0.3) is 0 Å². The Morgan fingerprint density at radius 3 is 2.91 bits per heavy atom. The van der Waals surface area contributed by atoms with Crippen molar-refractivity contribution in [2.24, 2.45) is 5.10 Å². The predicted molar refractivity (Wildman–Crippen MR) is 88.1 cm³/mol. The zero-order valence-corrected chi connectivity index (χ0v) is 12.5. The lowest BCUT2D eigenvalue weighted by molar-refractivity contribution is -0.117. The van der Waals surface area contributed by atoms with Crippen LogP contribution in [0.4, 0.5) is 11.5 Å². The van der Waals surface area contributed by atoms with Crippen LogP contribution in [-0.2, 0) is 4.79 Å². The first-order valence-corrected chi connectivity index (χ1v) is 7.36. The Bertz CT molecular complexity index is 697. The summed E-state index contributed by atoms with van der Waals surface area (Å²) in [6.07, 6.45) is 3.28. The van der Waals surface area contributed by atoms with Gasteiger partial charge >= 0.3 is 0 Å². The zero-order valence-electron chi connectivity index (χ0n) is 12.5. The highest BCUT2D eigenvalue weighted by Gasteiger charge is 2.21. The number of pyridine rings is 1. The first-order valence-electron chi connectivity index (χ1n) is 7.36. The lowest BCUT2D eigenvalue weighted by atomic mass is 10.1. The molecule has 5 nitrogen and oxygen atoms in total. The summed E-state index contributed by atoms with van der Waals surface area (Å²) in [7, 11) is 0. The zero-order chi connectivity index (χ0) is 15.4. The summed E-state index contributed by atoms with van der Waals surface area (Å²) >= 11 is 0. The fourth-order valence-corrected chi connectivity index (χ4v) is 2.45. The average molecular weight is 294 g/mol. The van der Waals surface area contributed by atoms with E-state index in [1.54, 1.807) is 6.20 Å². The van der Waals surface area contributed by atoms with Crippen molar-refractivity contribution in [3.05, 3.63) is 54.2 Å². The molecular weight excluding hydrogens is 276 g/mol. The van der Waals surface area contributed by atoms with Crippen LogP contribution in [0, 0.1) is 0 Å². The lowest BCUT2D eigenvalue weighted by Crippen LogP contribution is -2.23. The van der Waals surface area contributed by atoms with E-state index in [0.29, 0.717) is 12.2 Å². The highest BCUT2D eigenvalue weighted by atomic mass is 16.2. The second kappa shape index (κ2) is 6.39. The average Bonchev–Trinajstić information content (AvgIpc) is 3.00. The number of hydrazone groups is 1. The third-order valence-corrected chi connectivity index (χ3v) is 3.65. The van der Waals surface area contributed by atoms with Crippen molar-refractivity contribution >= 4 is 23.1 Å². The quantitative estimate of drug-likeness (QED) is 0.696. The van der Waals surface area contributed by atoms with Crippen LogP contribution < -0.4 is 10.3 Å². The number of carbonyl (C=O) groups excluding carboxylic acids is 1. The van der Waals surface area contributed by atoms with Crippen molar-refractivity contribution in [3.8, 4) is 0 Å². The van der Waals surface area contributed by atoms with Gasteiger partial charge in [-0.1, -0.05) is 18.2 Å². The molecule has 5 heteroatoms. The molecule has 1 aromatic heterocycles. The van der Waals surface area contributed by atoms with Gasteiger partial charge in [-0.3, -0.25) is 10.2 Å². The topological polar surface area (TPSA) is 57.6 Å². The summed E-state index contributed by atoms with van der Waals surface area (Å²) in [5.74, 6) is 0.895. The molecule has 0 aliphatic carbocycles. The maximum absolute atomic E-state index is 11.8. The molecule has 1 fully saturated rings. The van der Waals surface area contributed by atoms with Crippen LogP contribution in [0.5, 0.6) is 0 Å². The highest BCUT2D eigenvalue weighted by Crippen LogP contribution is 2.22. The SMILES string of the molecule is C/C(=N\Nc1ccccn1)c1cccc(N2CCCC2=O)c1. The molecule has 22 heavy (non-hydrogen) atoms. The van der Waals surface area contributed by atoms with E-state index in [-0.39, 0.29) is 5.91 Å². The van der Waals surface area contributed by atoms with Crippen LogP contribution in [0.15, 0.2) is 53.8 Å². The van der Waals surface area contributed by atoms with Crippen molar-refractivity contribution in [2.45, 2.75) is 19.8 Å².